The van der Waals surface area contributed by atoms with E-state index in [0.717, 1.165) is 31.2 Å². The number of halogens is 2. The maximum atomic E-state index is 13.6. The highest BCUT2D eigenvalue weighted by Crippen LogP contribution is 2.28. The zero-order chi connectivity index (χ0) is 23.1. The van der Waals surface area contributed by atoms with Crippen LogP contribution in [0.3, 0.4) is 0 Å². The topological polar surface area (TPSA) is 58.6 Å². The van der Waals surface area contributed by atoms with E-state index in [1.807, 2.05) is 24.3 Å². The van der Waals surface area contributed by atoms with Crippen LogP contribution in [0.5, 0.6) is 5.75 Å². The lowest BCUT2D eigenvalue weighted by Crippen LogP contribution is -2.47. The highest BCUT2D eigenvalue weighted by molar-refractivity contribution is 6.27. The van der Waals surface area contributed by atoms with Gasteiger partial charge in [-0.2, -0.15) is 0 Å². The summed E-state index contributed by atoms with van der Waals surface area (Å²) in [7, 11) is 1.57. The molecule has 0 aliphatic heterocycles. The molecule has 2 amide bonds. The average Bonchev–Trinajstić information content (AvgIpc) is 2.81. The molecule has 2 aromatic rings. The fourth-order valence-electron chi connectivity index (χ4n) is 4.17. The summed E-state index contributed by atoms with van der Waals surface area (Å²) in [4.78, 5) is 27.8. The van der Waals surface area contributed by atoms with Gasteiger partial charge < -0.3 is 15.0 Å². The molecule has 1 unspecified atom stereocenters. The third-order valence-corrected chi connectivity index (χ3v) is 6.26. The highest BCUT2D eigenvalue weighted by Gasteiger charge is 2.33. The summed E-state index contributed by atoms with van der Waals surface area (Å²) in [5.74, 6) is -0.0279. The Hall–Kier alpha value is -2.60. The average molecular weight is 461 g/mol. The number of carbonyl (C=O) groups is 2. The molecule has 0 bridgehead atoms. The smallest absolute Gasteiger partial charge is 0.247 e. The van der Waals surface area contributed by atoms with Crippen molar-refractivity contribution in [1.82, 2.24) is 10.2 Å². The molecule has 0 spiro atoms. The number of nitrogens with zero attached hydrogens (tertiary/aromatic N) is 1. The quantitative estimate of drug-likeness (QED) is 0.573. The standard InChI is InChI=1S/C25H30ClFN2O3/c1-17-6-12-21(13-7-17)28-25(31)24(19-8-10-20(27)11-9-19)29(23(30)15-26)16-18-4-3-5-22(14-18)32-2/h3-5,8-11,14,17,21,24H,6-7,12-13,15-16H2,1-2H3,(H,28,31). The number of alkyl halides is 1. The van der Waals surface area contributed by atoms with E-state index in [-0.39, 0.29) is 30.3 Å². The lowest BCUT2D eigenvalue weighted by molar-refractivity contribution is -0.140. The Balaban J connectivity index is 1.92. The molecule has 3 rings (SSSR count). The number of rotatable bonds is 8. The number of carbonyl (C=O) groups excluding carboxylic acids is 2. The Bertz CT molecular complexity index is 914. The summed E-state index contributed by atoms with van der Waals surface area (Å²) in [6, 6.07) is 12.1. The van der Waals surface area contributed by atoms with Gasteiger partial charge in [0.1, 0.15) is 23.5 Å². The third kappa shape index (κ3) is 6.22. The summed E-state index contributed by atoms with van der Waals surface area (Å²) in [5.41, 5.74) is 1.34. The first kappa shape index (κ1) is 24.1. The molecule has 2 aromatic carbocycles. The largest absolute Gasteiger partial charge is 0.497 e. The van der Waals surface area contributed by atoms with Crippen LogP contribution < -0.4 is 10.1 Å². The molecule has 32 heavy (non-hydrogen) atoms. The van der Waals surface area contributed by atoms with Crippen molar-refractivity contribution in [2.24, 2.45) is 5.92 Å². The minimum atomic E-state index is -0.924. The van der Waals surface area contributed by atoms with Gasteiger partial charge in [-0.3, -0.25) is 9.59 Å². The molecule has 1 atom stereocenters. The van der Waals surface area contributed by atoms with E-state index in [0.29, 0.717) is 17.2 Å². The van der Waals surface area contributed by atoms with Gasteiger partial charge in [0.05, 0.1) is 7.11 Å². The van der Waals surface area contributed by atoms with Crippen LogP contribution in [0.25, 0.3) is 0 Å². The molecule has 1 fully saturated rings. The Kier molecular flexibility index (Phi) is 8.51. The lowest BCUT2D eigenvalue weighted by atomic mass is 9.87. The number of methoxy groups -OCH3 is 1. The number of nitrogens with one attached hydrogen (secondary N) is 1. The van der Waals surface area contributed by atoms with Crippen molar-refractivity contribution in [2.75, 3.05) is 13.0 Å². The maximum absolute atomic E-state index is 13.6. The van der Waals surface area contributed by atoms with Gasteiger partial charge in [0.15, 0.2) is 0 Å². The molecule has 172 valence electrons. The van der Waals surface area contributed by atoms with Crippen molar-refractivity contribution in [3.05, 3.63) is 65.5 Å². The number of amides is 2. The summed E-state index contributed by atoms with van der Waals surface area (Å²) in [6.07, 6.45) is 3.92. The fourth-order valence-corrected chi connectivity index (χ4v) is 4.32. The molecule has 7 heteroatoms. The van der Waals surface area contributed by atoms with Gasteiger partial charge in [-0.1, -0.05) is 31.2 Å². The molecule has 1 saturated carbocycles. The molecule has 1 N–H and O–H groups in total. The van der Waals surface area contributed by atoms with Crippen molar-refractivity contribution in [1.29, 1.82) is 0 Å². The summed E-state index contributed by atoms with van der Waals surface area (Å²) in [5, 5.41) is 3.13. The van der Waals surface area contributed by atoms with Crippen LogP contribution in [0.4, 0.5) is 4.39 Å². The van der Waals surface area contributed by atoms with Crippen molar-refractivity contribution >= 4 is 23.4 Å². The van der Waals surface area contributed by atoms with Gasteiger partial charge >= 0.3 is 0 Å². The second-order valence-electron chi connectivity index (χ2n) is 8.43. The first-order chi connectivity index (χ1) is 15.4. The normalized spacial score (nSPS) is 19.1. The minimum Gasteiger partial charge on any atom is -0.497 e. The molecular formula is C25H30ClFN2O3. The third-order valence-electron chi connectivity index (χ3n) is 6.03. The minimum absolute atomic E-state index is 0.0615. The fraction of sp³-hybridized carbons (Fsp3) is 0.440. The predicted molar refractivity (Wildman–Crippen MR) is 123 cm³/mol. The van der Waals surface area contributed by atoms with Crippen LogP contribution in [0.2, 0.25) is 0 Å². The van der Waals surface area contributed by atoms with Crippen molar-refractivity contribution < 1.29 is 18.7 Å². The zero-order valence-corrected chi connectivity index (χ0v) is 19.3. The molecule has 0 aromatic heterocycles. The van der Waals surface area contributed by atoms with Crippen molar-refractivity contribution in [3.8, 4) is 5.75 Å². The molecular weight excluding hydrogens is 431 g/mol. The van der Waals surface area contributed by atoms with Gasteiger partial charge in [0, 0.05) is 12.6 Å². The molecule has 0 saturated heterocycles. The number of ether oxygens (including phenoxy) is 1. The van der Waals surface area contributed by atoms with Gasteiger partial charge in [-0.15, -0.1) is 11.6 Å². The SMILES string of the molecule is COc1cccc(CN(C(=O)CCl)C(C(=O)NC2CCC(C)CC2)c2ccc(F)cc2)c1. The summed E-state index contributed by atoms with van der Waals surface area (Å²) < 4.78 is 18.9. The lowest BCUT2D eigenvalue weighted by Gasteiger charge is -2.34. The van der Waals surface area contributed by atoms with Crippen LogP contribution >= 0.6 is 11.6 Å². The first-order valence-electron chi connectivity index (χ1n) is 11.0. The molecule has 0 heterocycles. The maximum Gasteiger partial charge on any atom is 0.247 e. The van der Waals surface area contributed by atoms with Gasteiger partial charge in [0.25, 0.3) is 0 Å². The van der Waals surface area contributed by atoms with E-state index in [2.05, 4.69) is 12.2 Å². The van der Waals surface area contributed by atoms with E-state index in [1.165, 1.54) is 17.0 Å². The molecule has 1 aliphatic carbocycles. The number of hydrogen-bond acceptors (Lipinski definition) is 3. The van der Waals surface area contributed by atoms with E-state index in [4.69, 9.17) is 16.3 Å². The van der Waals surface area contributed by atoms with Crippen LogP contribution in [-0.4, -0.2) is 35.7 Å². The van der Waals surface area contributed by atoms with Gasteiger partial charge in [-0.25, -0.2) is 4.39 Å². The highest BCUT2D eigenvalue weighted by atomic mass is 35.5. The Morgan fingerprint density at radius 2 is 1.84 bits per heavy atom. The summed E-state index contributed by atoms with van der Waals surface area (Å²) >= 11 is 5.93. The molecule has 1 aliphatic rings. The molecule has 0 radical (unpaired) electrons. The van der Waals surface area contributed by atoms with E-state index < -0.39 is 11.9 Å². The van der Waals surface area contributed by atoms with Crippen LogP contribution in [-0.2, 0) is 16.1 Å². The number of benzene rings is 2. The number of hydrogen-bond donors (Lipinski definition) is 1. The Morgan fingerprint density at radius 3 is 2.47 bits per heavy atom. The van der Waals surface area contributed by atoms with Gasteiger partial charge in [0.2, 0.25) is 11.8 Å². The van der Waals surface area contributed by atoms with E-state index in [9.17, 15) is 14.0 Å². The van der Waals surface area contributed by atoms with Crippen LogP contribution in [0.1, 0.15) is 49.8 Å². The Labute approximate surface area is 193 Å². The second-order valence-corrected chi connectivity index (χ2v) is 8.69. The first-order valence-corrected chi connectivity index (χ1v) is 11.5. The van der Waals surface area contributed by atoms with Crippen molar-refractivity contribution in [2.45, 2.75) is 51.2 Å². The summed E-state index contributed by atoms with van der Waals surface area (Å²) in [6.45, 7) is 2.38. The van der Waals surface area contributed by atoms with Gasteiger partial charge in [-0.05, 0) is 67.0 Å². The molecule has 5 nitrogen and oxygen atoms in total. The van der Waals surface area contributed by atoms with E-state index in [1.54, 1.807) is 19.2 Å². The predicted octanol–water partition coefficient (Wildman–Crippen LogP) is 4.84. The second kappa shape index (κ2) is 11.3. The van der Waals surface area contributed by atoms with Crippen LogP contribution in [0, 0.1) is 11.7 Å². The zero-order valence-electron chi connectivity index (χ0n) is 18.5. The van der Waals surface area contributed by atoms with Crippen molar-refractivity contribution in [3.63, 3.8) is 0 Å². The monoisotopic (exact) mass is 460 g/mol. The Morgan fingerprint density at radius 1 is 1.16 bits per heavy atom. The van der Waals surface area contributed by atoms with E-state index >= 15 is 0 Å². The van der Waals surface area contributed by atoms with Crippen LogP contribution in [0.15, 0.2) is 48.5 Å².